The number of ether oxygens (including phenoxy) is 1. The average Bonchev–Trinajstić information content (AvgIpc) is 3.50. The van der Waals surface area contributed by atoms with Crippen LogP contribution in [0.3, 0.4) is 0 Å². The predicted molar refractivity (Wildman–Crippen MR) is 131 cm³/mol. The molecular formula is C24H37N5O4S. The van der Waals surface area contributed by atoms with E-state index in [2.05, 4.69) is 21.7 Å². The zero-order chi connectivity index (χ0) is 24.0. The molecule has 0 spiro atoms. The van der Waals surface area contributed by atoms with Gasteiger partial charge in [-0.15, -0.1) is 0 Å². The van der Waals surface area contributed by atoms with E-state index >= 15 is 0 Å². The van der Waals surface area contributed by atoms with Crippen molar-refractivity contribution in [2.75, 3.05) is 52.5 Å². The molecule has 2 saturated heterocycles. The third-order valence-corrected chi connectivity index (χ3v) is 8.50. The van der Waals surface area contributed by atoms with Crippen molar-refractivity contribution < 1.29 is 17.9 Å². The van der Waals surface area contributed by atoms with Crippen molar-refractivity contribution in [1.29, 1.82) is 0 Å². The molecule has 34 heavy (non-hydrogen) atoms. The van der Waals surface area contributed by atoms with Gasteiger partial charge >= 0.3 is 0 Å². The van der Waals surface area contributed by atoms with Crippen molar-refractivity contribution in [2.45, 2.75) is 56.9 Å². The summed E-state index contributed by atoms with van der Waals surface area (Å²) in [5, 5.41) is 3.02. The summed E-state index contributed by atoms with van der Waals surface area (Å²) >= 11 is 0. The van der Waals surface area contributed by atoms with Gasteiger partial charge in [0, 0.05) is 52.1 Å². The van der Waals surface area contributed by atoms with Gasteiger partial charge in [-0.05, 0) is 50.4 Å². The first-order valence-electron chi connectivity index (χ1n) is 12.5. The molecule has 0 unspecified atom stereocenters. The quantitative estimate of drug-likeness (QED) is 0.483. The summed E-state index contributed by atoms with van der Waals surface area (Å²) in [6, 6.07) is 5.23. The minimum atomic E-state index is -3.48. The van der Waals surface area contributed by atoms with Gasteiger partial charge in [0.05, 0.1) is 29.1 Å². The normalized spacial score (nSPS) is 18.0. The maximum atomic E-state index is 13.0. The Bertz CT molecular complexity index is 1070. The maximum Gasteiger partial charge on any atom is 0.243 e. The van der Waals surface area contributed by atoms with Crippen molar-refractivity contribution in [3.63, 3.8) is 0 Å². The van der Waals surface area contributed by atoms with Crippen LogP contribution in [-0.2, 0) is 32.5 Å². The molecule has 0 atom stereocenters. The lowest BCUT2D eigenvalue weighted by molar-refractivity contribution is -0.121. The van der Waals surface area contributed by atoms with E-state index in [4.69, 9.17) is 9.72 Å². The molecule has 1 aromatic carbocycles. The SMILES string of the molecule is CCCn1c(CCC(=O)NCCCN2CCOCC2)nc2cc(S(=O)(=O)N3CCCC3)ccc21. The lowest BCUT2D eigenvalue weighted by atomic mass is 10.2. The fraction of sp³-hybridized carbons (Fsp3) is 0.667. The fourth-order valence-corrected chi connectivity index (χ4v) is 6.27. The summed E-state index contributed by atoms with van der Waals surface area (Å²) in [7, 11) is -3.48. The molecule has 1 amide bonds. The van der Waals surface area contributed by atoms with Gasteiger partial charge in [-0.3, -0.25) is 9.69 Å². The van der Waals surface area contributed by atoms with E-state index in [1.807, 2.05) is 6.07 Å². The monoisotopic (exact) mass is 491 g/mol. The topological polar surface area (TPSA) is 96.8 Å². The van der Waals surface area contributed by atoms with Crippen molar-refractivity contribution in [2.24, 2.45) is 0 Å². The van der Waals surface area contributed by atoms with Gasteiger partial charge < -0.3 is 14.6 Å². The summed E-state index contributed by atoms with van der Waals surface area (Å²) in [6.07, 6.45) is 4.56. The highest BCUT2D eigenvalue weighted by Gasteiger charge is 2.28. The van der Waals surface area contributed by atoms with Crippen LogP contribution in [0.4, 0.5) is 0 Å². The van der Waals surface area contributed by atoms with Crippen molar-refractivity contribution >= 4 is 27.0 Å². The molecule has 9 nitrogen and oxygen atoms in total. The molecule has 10 heteroatoms. The Hall–Kier alpha value is -2.01. The number of rotatable bonds is 11. The number of fused-ring (bicyclic) bond motifs is 1. The van der Waals surface area contributed by atoms with Crippen LogP contribution in [-0.4, -0.2) is 85.6 Å². The summed E-state index contributed by atoms with van der Waals surface area (Å²) in [4.78, 5) is 19.8. The molecular weight excluding hydrogens is 454 g/mol. The third kappa shape index (κ3) is 5.97. The van der Waals surface area contributed by atoms with Crippen molar-refractivity contribution in [1.82, 2.24) is 24.1 Å². The lowest BCUT2D eigenvalue weighted by Crippen LogP contribution is -2.38. The van der Waals surface area contributed by atoms with Crippen LogP contribution in [0.15, 0.2) is 23.1 Å². The Morgan fingerprint density at radius 2 is 1.88 bits per heavy atom. The van der Waals surface area contributed by atoms with Crippen LogP contribution >= 0.6 is 0 Å². The molecule has 2 aromatic rings. The van der Waals surface area contributed by atoms with E-state index in [-0.39, 0.29) is 5.91 Å². The second-order valence-electron chi connectivity index (χ2n) is 9.10. The summed E-state index contributed by atoms with van der Waals surface area (Å²) in [5.74, 6) is 0.852. The molecule has 3 heterocycles. The number of carbonyl (C=O) groups is 1. The molecule has 0 saturated carbocycles. The first-order chi connectivity index (χ1) is 16.5. The highest BCUT2D eigenvalue weighted by atomic mass is 32.2. The van der Waals surface area contributed by atoms with Gasteiger partial charge in [0.15, 0.2) is 0 Å². The van der Waals surface area contributed by atoms with Gasteiger partial charge in [0.2, 0.25) is 15.9 Å². The van der Waals surface area contributed by atoms with Gasteiger partial charge in [-0.1, -0.05) is 6.92 Å². The number of hydrogen-bond acceptors (Lipinski definition) is 6. The lowest BCUT2D eigenvalue weighted by Gasteiger charge is -2.26. The van der Waals surface area contributed by atoms with Crippen molar-refractivity contribution in [3.05, 3.63) is 24.0 Å². The zero-order valence-corrected chi connectivity index (χ0v) is 21.0. The Morgan fingerprint density at radius 1 is 1.12 bits per heavy atom. The summed E-state index contributed by atoms with van der Waals surface area (Å²) in [5.41, 5.74) is 1.60. The van der Waals surface area contributed by atoms with Gasteiger partial charge in [0.1, 0.15) is 5.82 Å². The number of imidazole rings is 1. The zero-order valence-electron chi connectivity index (χ0n) is 20.2. The van der Waals surface area contributed by atoms with E-state index in [0.717, 1.165) is 76.4 Å². The fourth-order valence-electron chi connectivity index (χ4n) is 4.73. The Morgan fingerprint density at radius 3 is 2.62 bits per heavy atom. The minimum absolute atomic E-state index is 0.0226. The number of sulfonamides is 1. The molecule has 0 bridgehead atoms. The van der Waals surface area contributed by atoms with E-state index in [1.165, 1.54) is 0 Å². The predicted octanol–water partition coefficient (Wildman–Crippen LogP) is 2.00. The molecule has 0 radical (unpaired) electrons. The highest BCUT2D eigenvalue weighted by molar-refractivity contribution is 7.89. The van der Waals surface area contributed by atoms with E-state index in [9.17, 15) is 13.2 Å². The van der Waals surface area contributed by atoms with Crippen LogP contribution in [0.5, 0.6) is 0 Å². The van der Waals surface area contributed by atoms with Gasteiger partial charge in [0.25, 0.3) is 0 Å². The second-order valence-corrected chi connectivity index (χ2v) is 11.0. The van der Waals surface area contributed by atoms with Crippen LogP contribution in [0.2, 0.25) is 0 Å². The average molecular weight is 492 g/mol. The summed E-state index contributed by atoms with van der Waals surface area (Å²) < 4.78 is 35.0. The van der Waals surface area contributed by atoms with Crippen LogP contribution in [0, 0.1) is 0 Å². The number of benzene rings is 1. The standard InChI is InChI=1S/C24H37N5O4S/c1-2-11-29-22-7-6-20(34(31,32)28-13-3-4-14-28)19-21(22)26-23(29)8-9-24(30)25-10-5-12-27-15-17-33-18-16-27/h6-7,19H,2-5,8-18H2,1H3,(H,25,30). The molecule has 1 N–H and O–H groups in total. The van der Waals surface area contributed by atoms with E-state index in [0.29, 0.717) is 42.9 Å². The smallest absolute Gasteiger partial charge is 0.243 e. The number of amides is 1. The van der Waals surface area contributed by atoms with Gasteiger partial charge in [-0.25, -0.2) is 13.4 Å². The Balaban J connectivity index is 1.37. The second kappa shape index (κ2) is 11.6. The highest BCUT2D eigenvalue weighted by Crippen LogP contribution is 2.25. The summed E-state index contributed by atoms with van der Waals surface area (Å²) in [6.45, 7) is 9.18. The number of aromatic nitrogens is 2. The third-order valence-electron chi connectivity index (χ3n) is 6.60. The molecule has 2 aliphatic heterocycles. The van der Waals surface area contributed by atoms with Crippen LogP contribution in [0.25, 0.3) is 11.0 Å². The molecule has 4 rings (SSSR count). The maximum absolute atomic E-state index is 13.0. The van der Waals surface area contributed by atoms with Crippen LogP contribution in [0.1, 0.15) is 44.9 Å². The minimum Gasteiger partial charge on any atom is -0.379 e. The van der Waals surface area contributed by atoms with E-state index < -0.39 is 10.0 Å². The largest absolute Gasteiger partial charge is 0.379 e. The number of morpholine rings is 1. The molecule has 2 fully saturated rings. The molecule has 2 aliphatic rings. The number of aryl methyl sites for hydroxylation is 2. The van der Waals surface area contributed by atoms with Crippen LogP contribution < -0.4 is 5.32 Å². The molecule has 1 aromatic heterocycles. The molecule has 0 aliphatic carbocycles. The first-order valence-corrected chi connectivity index (χ1v) is 14.0. The number of nitrogens with zero attached hydrogens (tertiary/aromatic N) is 4. The Kier molecular flexibility index (Phi) is 8.57. The van der Waals surface area contributed by atoms with Crippen molar-refractivity contribution in [3.8, 4) is 0 Å². The van der Waals surface area contributed by atoms with E-state index in [1.54, 1.807) is 16.4 Å². The Labute approximate surface area is 202 Å². The number of nitrogens with one attached hydrogen (secondary N) is 1. The van der Waals surface area contributed by atoms with Gasteiger partial charge in [-0.2, -0.15) is 4.31 Å². The first kappa shape index (κ1) is 25.1. The number of carbonyl (C=O) groups excluding carboxylic acids is 1. The number of hydrogen-bond donors (Lipinski definition) is 1. The molecule has 188 valence electrons.